The third kappa shape index (κ3) is 2.07. The molecule has 0 fully saturated rings. The summed E-state index contributed by atoms with van der Waals surface area (Å²) in [6, 6.07) is 2.54. The number of rotatable bonds is 2. The molecule has 0 aliphatic rings. The molecule has 15 heavy (non-hydrogen) atoms. The first-order chi connectivity index (χ1) is 6.97. The van der Waals surface area contributed by atoms with Crippen LogP contribution in [0.2, 0.25) is 0 Å². The molecule has 4 nitrogen and oxygen atoms in total. The standard InChI is InChI=1S/C9H7F2N3O/c1-4-5(8(10)11)2-6(9(13)15)14-7(4)3-12/h2,8H,1H3,(H2,13,15). The molecule has 1 heterocycles. The van der Waals surface area contributed by atoms with Crippen molar-refractivity contribution in [2.45, 2.75) is 13.3 Å². The van der Waals surface area contributed by atoms with Gasteiger partial charge in [0.1, 0.15) is 17.5 Å². The van der Waals surface area contributed by atoms with Crippen molar-refractivity contribution < 1.29 is 13.6 Å². The zero-order chi connectivity index (χ0) is 11.6. The van der Waals surface area contributed by atoms with E-state index in [1.54, 1.807) is 6.07 Å². The van der Waals surface area contributed by atoms with Crippen molar-refractivity contribution in [3.8, 4) is 6.07 Å². The minimum atomic E-state index is -2.77. The predicted molar refractivity (Wildman–Crippen MR) is 47.2 cm³/mol. The minimum absolute atomic E-state index is 0.0671. The van der Waals surface area contributed by atoms with Gasteiger partial charge in [0.05, 0.1) is 0 Å². The van der Waals surface area contributed by atoms with Gasteiger partial charge in [-0.25, -0.2) is 13.8 Å². The Morgan fingerprint density at radius 2 is 2.27 bits per heavy atom. The van der Waals surface area contributed by atoms with Gasteiger partial charge >= 0.3 is 0 Å². The molecule has 1 amide bonds. The highest BCUT2D eigenvalue weighted by Gasteiger charge is 2.17. The Balaban J connectivity index is 3.47. The van der Waals surface area contributed by atoms with E-state index in [4.69, 9.17) is 11.0 Å². The van der Waals surface area contributed by atoms with E-state index in [1.807, 2.05) is 0 Å². The van der Waals surface area contributed by atoms with Gasteiger partial charge in [-0.2, -0.15) is 5.26 Å². The fraction of sp³-hybridized carbons (Fsp3) is 0.222. The average molecular weight is 211 g/mol. The fourth-order valence-electron chi connectivity index (χ4n) is 1.09. The van der Waals surface area contributed by atoms with Crippen LogP contribution in [-0.4, -0.2) is 10.9 Å². The van der Waals surface area contributed by atoms with Gasteiger partial charge in [0.2, 0.25) is 0 Å². The number of hydrogen-bond acceptors (Lipinski definition) is 3. The number of alkyl halides is 2. The van der Waals surface area contributed by atoms with Gasteiger partial charge in [0.15, 0.2) is 0 Å². The topological polar surface area (TPSA) is 79.8 Å². The summed E-state index contributed by atoms with van der Waals surface area (Å²) in [4.78, 5) is 14.3. The Bertz CT molecular complexity index is 451. The average Bonchev–Trinajstić information content (AvgIpc) is 2.17. The number of carbonyl (C=O) groups is 1. The van der Waals surface area contributed by atoms with Gasteiger partial charge < -0.3 is 5.73 Å². The van der Waals surface area contributed by atoms with Crippen LogP contribution >= 0.6 is 0 Å². The molecule has 0 aliphatic carbocycles. The second-order valence-corrected chi connectivity index (χ2v) is 2.85. The minimum Gasteiger partial charge on any atom is -0.364 e. The molecule has 0 saturated heterocycles. The van der Waals surface area contributed by atoms with Gasteiger partial charge in [-0.1, -0.05) is 0 Å². The van der Waals surface area contributed by atoms with Crippen molar-refractivity contribution >= 4 is 5.91 Å². The van der Waals surface area contributed by atoms with Gasteiger partial charge in [-0.3, -0.25) is 4.79 Å². The van der Waals surface area contributed by atoms with Crippen LogP contribution in [0.3, 0.4) is 0 Å². The Kier molecular flexibility index (Phi) is 2.95. The molecule has 78 valence electrons. The lowest BCUT2D eigenvalue weighted by molar-refractivity contribution is 0.0995. The summed E-state index contributed by atoms with van der Waals surface area (Å²) in [5, 5.41) is 8.62. The molecule has 0 bridgehead atoms. The van der Waals surface area contributed by atoms with Crippen molar-refractivity contribution in [1.29, 1.82) is 5.26 Å². The van der Waals surface area contributed by atoms with Gasteiger partial charge in [0, 0.05) is 5.56 Å². The van der Waals surface area contributed by atoms with Crippen LogP contribution in [0.5, 0.6) is 0 Å². The van der Waals surface area contributed by atoms with Crippen molar-refractivity contribution in [2.24, 2.45) is 5.73 Å². The van der Waals surface area contributed by atoms with E-state index in [0.717, 1.165) is 6.07 Å². The lowest BCUT2D eigenvalue weighted by atomic mass is 10.1. The molecule has 0 aliphatic heterocycles. The monoisotopic (exact) mass is 211 g/mol. The third-order valence-electron chi connectivity index (χ3n) is 1.91. The molecule has 2 N–H and O–H groups in total. The molecule has 0 radical (unpaired) electrons. The Morgan fingerprint density at radius 3 is 2.67 bits per heavy atom. The van der Waals surface area contributed by atoms with Crippen LogP contribution in [0.15, 0.2) is 6.07 Å². The number of primary amides is 1. The normalized spacial score (nSPS) is 10.1. The Hall–Kier alpha value is -2.03. The molecular formula is C9H7F2N3O. The fourth-order valence-corrected chi connectivity index (χ4v) is 1.09. The zero-order valence-corrected chi connectivity index (χ0v) is 7.79. The number of aromatic nitrogens is 1. The lowest BCUT2D eigenvalue weighted by Crippen LogP contribution is -2.15. The Labute approximate surface area is 84.3 Å². The van der Waals surface area contributed by atoms with Crippen molar-refractivity contribution in [1.82, 2.24) is 4.98 Å². The number of nitrogens with zero attached hydrogens (tertiary/aromatic N) is 2. The molecule has 0 unspecified atom stereocenters. The molecule has 0 aromatic carbocycles. The summed E-state index contributed by atoms with van der Waals surface area (Å²) in [7, 11) is 0. The highest BCUT2D eigenvalue weighted by molar-refractivity contribution is 5.91. The van der Waals surface area contributed by atoms with Crippen LogP contribution in [0.1, 0.15) is 33.7 Å². The summed E-state index contributed by atoms with van der Waals surface area (Å²) in [5.41, 5.74) is 4.04. The van der Waals surface area contributed by atoms with E-state index in [1.165, 1.54) is 6.92 Å². The van der Waals surface area contributed by atoms with E-state index < -0.39 is 17.9 Å². The number of halogens is 2. The predicted octanol–water partition coefficient (Wildman–Crippen LogP) is 1.30. The van der Waals surface area contributed by atoms with Crippen LogP contribution < -0.4 is 5.73 Å². The van der Waals surface area contributed by atoms with Crippen LogP contribution in [-0.2, 0) is 0 Å². The lowest BCUT2D eigenvalue weighted by Gasteiger charge is -2.07. The SMILES string of the molecule is Cc1c(C(F)F)cc(C(N)=O)nc1C#N. The number of carbonyl (C=O) groups excluding carboxylic acids is 1. The van der Waals surface area contributed by atoms with E-state index in [9.17, 15) is 13.6 Å². The van der Waals surface area contributed by atoms with Gasteiger partial charge in [-0.15, -0.1) is 0 Å². The number of hydrogen-bond donors (Lipinski definition) is 1. The molecule has 0 saturated carbocycles. The number of nitrogens with two attached hydrogens (primary N) is 1. The van der Waals surface area contributed by atoms with E-state index >= 15 is 0 Å². The Morgan fingerprint density at radius 1 is 1.67 bits per heavy atom. The first kappa shape index (κ1) is 11.0. The highest BCUT2D eigenvalue weighted by atomic mass is 19.3. The maximum Gasteiger partial charge on any atom is 0.267 e. The first-order valence-electron chi connectivity index (χ1n) is 3.97. The quantitative estimate of drug-likeness (QED) is 0.800. The summed E-state index contributed by atoms with van der Waals surface area (Å²) in [6.45, 7) is 1.35. The molecular weight excluding hydrogens is 204 g/mol. The summed E-state index contributed by atoms with van der Waals surface area (Å²) < 4.78 is 25.0. The second-order valence-electron chi connectivity index (χ2n) is 2.85. The van der Waals surface area contributed by atoms with Crippen LogP contribution in [0.4, 0.5) is 8.78 Å². The first-order valence-corrected chi connectivity index (χ1v) is 3.97. The molecule has 1 aromatic rings. The van der Waals surface area contributed by atoms with Gasteiger partial charge in [-0.05, 0) is 18.6 Å². The summed E-state index contributed by atoms with van der Waals surface area (Å²) in [5.74, 6) is -0.937. The molecule has 0 spiro atoms. The summed E-state index contributed by atoms with van der Waals surface area (Å²) >= 11 is 0. The molecule has 0 atom stereocenters. The molecule has 1 aromatic heterocycles. The molecule has 1 rings (SSSR count). The zero-order valence-electron chi connectivity index (χ0n) is 7.79. The van der Waals surface area contributed by atoms with Crippen molar-refractivity contribution in [3.63, 3.8) is 0 Å². The number of pyridine rings is 1. The second kappa shape index (κ2) is 4.00. The van der Waals surface area contributed by atoms with E-state index in [0.29, 0.717) is 0 Å². The van der Waals surface area contributed by atoms with Crippen LogP contribution in [0.25, 0.3) is 0 Å². The third-order valence-corrected chi connectivity index (χ3v) is 1.91. The largest absolute Gasteiger partial charge is 0.364 e. The maximum atomic E-state index is 12.5. The number of nitriles is 1. The van der Waals surface area contributed by atoms with Gasteiger partial charge in [0.25, 0.3) is 12.3 Å². The van der Waals surface area contributed by atoms with Crippen molar-refractivity contribution in [3.05, 3.63) is 28.6 Å². The summed E-state index contributed by atoms with van der Waals surface area (Å²) in [6.07, 6.45) is -2.77. The van der Waals surface area contributed by atoms with E-state index in [2.05, 4.69) is 4.98 Å². The number of amides is 1. The van der Waals surface area contributed by atoms with Crippen LogP contribution in [0, 0.1) is 18.3 Å². The van der Waals surface area contributed by atoms with Crippen molar-refractivity contribution in [2.75, 3.05) is 0 Å². The van der Waals surface area contributed by atoms with E-state index in [-0.39, 0.29) is 17.0 Å². The highest BCUT2D eigenvalue weighted by Crippen LogP contribution is 2.24. The molecule has 6 heteroatoms. The smallest absolute Gasteiger partial charge is 0.267 e. The maximum absolute atomic E-state index is 12.5.